The van der Waals surface area contributed by atoms with Crippen LogP contribution in [0.3, 0.4) is 0 Å². The highest BCUT2D eigenvalue weighted by Gasteiger charge is 2.27. The van der Waals surface area contributed by atoms with E-state index in [9.17, 15) is 14.1 Å². The maximum atomic E-state index is 12.9. The van der Waals surface area contributed by atoms with E-state index in [0.717, 1.165) is 55.5 Å². The van der Waals surface area contributed by atoms with Crippen molar-refractivity contribution in [3.05, 3.63) is 39.5 Å². The Kier molecular flexibility index (Phi) is 4.81. The first-order chi connectivity index (χ1) is 13.1. The van der Waals surface area contributed by atoms with Crippen molar-refractivity contribution in [1.82, 2.24) is 9.71 Å². The van der Waals surface area contributed by atoms with Gasteiger partial charge in [0.2, 0.25) is 0 Å². The zero-order valence-electron chi connectivity index (χ0n) is 16.0. The number of thiol groups is 1. The van der Waals surface area contributed by atoms with E-state index in [0.29, 0.717) is 5.01 Å². The lowest BCUT2D eigenvalue weighted by molar-refractivity contribution is 0.0783. The van der Waals surface area contributed by atoms with Gasteiger partial charge < -0.3 is 10.4 Å². The minimum Gasteiger partial charge on any atom is -0.383 e. The summed E-state index contributed by atoms with van der Waals surface area (Å²) in [6.07, 6.45) is 7.50. The summed E-state index contributed by atoms with van der Waals surface area (Å²) in [5, 5.41) is 19.3. The fourth-order valence-corrected chi connectivity index (χ4v) is 6.31. The van der Waals surface area contributed by atoms with Crippen molar-refractivity contribution in [2.24, 2.45) is 5.14 Å². The van der Waals surface area contributed by atoms with Crippen molar-refractivity contribution >= 4 is 33.4 Å². The van der Waals surface area contributed by atoms with Crippen molar-refractivity contribution in [1.29, 1.82) is 0 Å². The number of aliphatic hydroxyl groups is 1. The summed E-state index contributed by atoms with van der Waals surface area (Å²) in [5.74, 6) is 0. The van der Waals surface area contributed by atoms with Gasteiger partial charge in [-0.3, -0.25) is 9.86 Å². The normalized spacial score (nSPS) is 16.6. The average molecular weight is 423 g/mol. The number of fused-ring (bicyclic) bond motifs is 2. The molecule has 0 saturated heterocycles. The predicted molar refractivity (Wildman–Crippen MR) is 112 cm³/mol. The third-order valence-corrected chi connectivity index (χ3v) is 8.83. The van der Waals surface area contributed by atoms with Gasteiger partial charge in [-0.05, 0) is 74.6 Å². The summed E-state index contributed by atoms with van der Waals surface area (Å²) >= 11 is 1.04. The summed E-state index contributed by atoms with van der Waals surface area (Å²) in [5.41, 5.74) is 4.74. The van der Waals surface area contributed by atoms with E-state index in [1.165, 1.54) is 28.5 Å². The molecule has 4 rings (SSSR count). The van der Waals surface area contributed by atoms with Crippen LogP contribution < -0.4 is 15.2 Å². The lowest BCUT2D eigenvalue weighted by Gasteiger charge is -2.21. The zero-order chi connectivity index (χ0) is 20.1. The van der Waals surface area contributed by atoms with Crippen LogP contribution in [0, 0.1) is 0 Å². The molecule has 1 aromatic heterocycles. The maximum absolute atomic E-state index is 12.9. The molecule has 5 N–H and O–H groups in total. The number of benzene rings is 1. The Bertz CT molecular complexity index is 962. The quantitative estimate of drug-likeness (QED) is 0.486. The van der Waals surface area contributed by atoms with E-state index in [1.54, 1.807) is 13.8 Å². The summed E-state index contributed by atoms with van der Waals surface area (Å²) < 4.78 is 15.6. The second kappa shape index (κ2) is 6.91. The van der Waals surface area contributed by atoms with E-state index >= 15 is 0 Å². The first-order valence-electron chi connectivity index (χ1n) is 9.49. The number of amides is 2. The molecule has 28 heavy (non-hydrogen) atoms. The van der Waals surface area contributed by atoms with Crippen molar-refractivity contribution < 1.29 is 14.1 Å². The number of aromatic nitrogens is 1. The molecule has 0 spiro atoms. The summed E-state index contributed by atoms with van der Waals surface area (Å²) in [6.45, 7) is 3.18. The molecule has 0 fully saturated rings. The smallest absolute Gasteiger partial charge is 0.330 e. The van der Waals surface area contributed by atoms with Gasteiger partial charge in [0.25, 0.3) is 0 Å². The number of urea groups is 1. The van der Waals surface area contributed by atoms with Gasteiger partial charge in [0.15, 0.2) is 0 Å². The SMILES string of the molecule is CC(C)(O)c1ncc([SH](N)(=O)NC(=O)Nc2c3c(cc4c2CCC4)CCC3)s1. The van der Waals surface area contributed by atoms with Crippen LogP contribution in [0.4, 0.5) is 10.5 Å². The number of thiazole rings is 1. The number of hydrogen-bond acceptors (Lipinski definition) is 5. The lowest BCUT2D eigenvalue weighted by atomic mass is 9.99. The standard InChI is InChI=1S/C19H26N4O3S2/c1-19(2,25)17-21-10-15(27-17)28(20,26)23-18(24)22-16-13-7-3-5-11(13)9-12-6-4-8-14(12)16/h9-10,25,28H,3-8H2,1-2H3,(H4,20,22,23,24,26). The van der Waals surface area contributed by atoms with Crippen LogP contribution in [0.25, 0.3) is 0 Å². The van der Waals surface area contributed by atoms with Gasteiger partial charge in [0.1, 0.15) is 14.8 Å². The van der Waals surface area contributed by atoms with Crippen LogP contribution in [0.1, 0.15) is 54.0 Å². The second-order valence-electron chi connectivity index (χ2n) is 8.02. The van der Waals surface area contributed by atoms with Crippen molar-refractivity contribution in [3.8, 4) is 0 Å². The van der Waals surface area contributed by atoms with Crippen LogP contribution in [-0.4, -0.2) is 20.3 Å². The van der Waals surface area contributed by atoms with E-state index in [1.807, 2.05) is 0 Å². The third-order valence-electron chi connectivity index (χ3n) is 5.32. The third kappa shape index (κ3) is 3.59. The highest BCUT2D eigenvalue weighted by molar-refractivity contribution is 8.01. The predicted octanol–water partition coefficient (Wildman–Crippen LogP) is 2.33. The number of nitrogens with one attached hydrogen (secondary N) is 2. The molecule has 0 radical (unpaired) electrons. The number of rotatable bonds is 4. The topological polar surface area (TPSA) is 117 Å². The molecule has 2 aliphatic carbocycles. The minimum atomic E-state index is -3.64. The molecule has 2 aromatic rings. The molecule has 9 heteroatoms. The van der Waals surface area contributed by atoms with Crippen molar-refractivity contribution in [2.75, 3.05) is 5.32 Å². The van der Waals surface area contributed by atoms with E-state index in [2.05, 4.69) is 21.1 Å². The number of nitrogens with two attached hydrogens (primary N) is 1. The van der Waals surface area contributed by atoms with Gasteiger partial charge >= 0.3 is 6.03 Å². The monoisotopic (exact) mass is 422 g/mol. The Hall–Kier alpha value is -1.81. The zero-order valence-corrected chi connectivity index (χ0v) is 17.8. The summed E-state index contributed by atoms with van der Waals surface area (Å²) in [4.78, 5) is 16.7. The molecule has 0 saturated carbocycles. The molecular formula is C19H26N4O3S2. The van der Waals surface area contributed by atoms with Gasteiger partial charge in [-0.15, -0.1) is 11.3 Å². The van der Waals surface area contributed by atoms with E-state index < -0.39 is 21.9 Å². The number of hydrogen-bond donors (Lipinski definition) is 5. The molecule has 2 amide bonds. The van der Waals surface area contributed by atoms with Crippen LogP contribution >= 0.6 is 11.3 Å². The van der Waals surface area contributed by atoms with Crippen LogP contribution in [0.2, 0.25) is 0 Å². The number of nitrogens with zero attached hydrogens (tertiary/aromatic N) is 1. The Balaban J connectivity index is 1.55. The summed E-state index contributed by atoms with van der Waals surface area (Å²) in [7, 11) is -3.64. The Morgan fingerprint density at radius 2 is 1.82 bits per heavy atom. The minimum absolute atomic E-state index is 0.253. The molecule has 0 atom stereocenters. The van der Waals surface area contributed by atoms with Crippen LogP contribution in [-0.2, 0) is 41.6 Å². The number of aryl methyl sites for hydroxylation is 2. The number of anilines is 1. The summed E-state index contributed by atoms with van der Waals surface area (Å²) in [6, 6.07) is 1.72. The van der Waals surface area contributed by atoms with Gasteiger partial charge in [-0.25, -0.2) is 14.0 Å². The Labute approximate surface area is 169 Å². The molecule has 2 aliphatic rings. The van der Waals surface area contributed by atoms with E-state index in [4.69, 9.17) is 5.14 Å². The van der Waals surface area contributed by atoms with E-state index in [-0.39, 0.29) is 4.21 Å². The number of carbonyl (C=O) groups is 1. The largest absolute Gasteiger partial charge is 0.383 e. The number of carbonyl (C=O) groups excluding carboxylic acids is 1. The first kappa shape index (κ1) is 19.5. The molecule has 0 bridgehead atoms. The second-order valence-corrected chi connectivity index (χ2v) is 11.4. The van der Waals surface area contributed by atoms with Gasteiger partial charge in [-0.1, -0.05) is 6.07 Å². The molecular weight excluding hydrogens is 396 g/mol. The van der Waals surface area contributed by atoms with Crippen LogP contribution in [0.5, 0.6) is 0 Å². The first-order valence-corrected chi connectivity index (χ1v) is 12.1. The molecule has 1 aromatic carbocycles. The molecule has 1 heterocycles. The van der Waals surface area contributed by atoms with Crippen molar-refractivity contribution in [3.63, 3.8) is 0 Å². The Morgan fingerprint density at radius 1 is 1.21 bits per heavy atom. The molecule has 0 unspecified atom stereocenters. The maximum Gasteiger partial charge on any atom is 0.330 e. The van der Waals surface area contributed by atoms with Gasteiger partial charge in [0.05, 0.1) is 6.20 Å². The molecule has 0 aliphatic heterocycles. The highest BCUT2D eigenvalue weighted by Crippen LogP contribution is 2.38. The Morgan fingerprint density at radius 3 is 2.36 bits per heavy atom. The average Bonchev–Trinajstić information content (AvgIpc) is 3.33. The highest BCUT2D eigenvalue weighted by atomic mass is 32.3. The fourth-order valence-electron chi connectivity index (χ4n) is 4.02. The van der Waals surface area contributed by atoms with Crippen LogP contribution in [0.15, 0.2) is 16.5 Å². The van der Waals surface area contributed by atoms with Gasteiger partial charge in [-0.2, -0.15) is 0 Å². The fraction of sp³-hybridized carbons (Fsp3) is 0.474. The van der Waals surface area contributed by atoms with Gasteiger partial charge in [0, 0.05) is 16.0 Å². The molecule has 152 valence electrons. The van der Waals surface area contributed by atoms with Crippen molar-refractivity contribution in [2.45, 2.75) is 62.2 Å². The molecule has 7 nitrogen and oxygen atoms in total. The lowest BCUT2D eigenvalue weighted by Crippen LogP contribution is -2.44.